The van der Waals surface area contributed by atoms with Crippen molar-refractivity contribution in [2.24, 2.45) is 0 Å². The molecule has 0 unspecified atom stereocenters. The Hall–Kier alpha value is -1.33. The number of rotatable bonds is 1. The Bertz CT molecular complexity index is 350. The maximum Gasteiger partial charge on any atom is 0.433 e. The maximum absolute atomic E-state index is 12.5. The lowest BCUT2D eigenvalue weighted by Crippen LogP contribution is -2.18. The minimum Gasteiger partial charge on any atom is -0.467 e. The van der Waals surface area contributed by atoms with E-state index in [1.165, 1.54) is 7.11 Å². The molecule has 0 atom stereocenters. The first-order valence-electron chi connectivity index (χ1n) is 4.65. The number of hydrogen-bond acceptors (Lipinski definition) is 3. The van der Waals surface area contributed by atoms with Gasteiger partial charge in [-0.1, -0.05) is 20.8 Å². The zero-order valence-corrected chi connectivity index (χ0v) is 9.51. The summed E-state index contributed by atoms with van der Waals surface area (Å²) in [6.07, 6.45) is -4.49. The molecule has 0 fully saturated rings. The van der Waals surface area contributed by atoms with Gasteiger partial charge in [-0.25, -0.2) is 0 Å². The number of methoxy groups -OCH3 is 1. The first-order valence-corrected chi connectivity index (χ1v) is 4.65. The fraction of sp³-hybridized carbons (Fsp3) is 0.600. The van der Waals surface area contributed by atoms with Gasteiger partial charge < -0.3 is 4.74 Å². The first kappa shape index (κ1) is 12.7. The number of nitrogens with zero attached hydrogens (tertiary/aromatic N) is 2. The quantitative estimate of drug-likeness (QED) is 0.749. The molecule has 0 saturated carbocycles. The Morgan fingerprint density at radius 1 is 1.06 bits per heavy atom. The van der Waals surface area contributed by atoms with Crippen LogP contribution < -0.4 is 4.74 Å². The van der Waals surface area contributed by atoms with Gasteiger partial charge in [0.05, 0.1) is 12.8 Å². The zero-order valence-electron chi connectivity index (χ0n) is 9.51. The standard InChI is InChI=1S/C10H13F3N2O/c1-9(2,3)6-5-7(10(11,12)13)15-8(14-6)16-4/h5H,1-4H3. The second-order valence-electron chi connectivity index (χ2n) is 4.37. The first-order chi connectivity index (χ1) is 7.14. The molecule has 0 aliphatic rings. The number of hydrogen-bond donors (Lipinski definition) is 0. The van der Waals surface area contributed by atoms with E-state index >= 15 is 0 Å². The Morgan fingerprint density at radius 2 is 1.56 bits per heavy atom. The van der Waals surface area contributed by atoms with Crippen molar-refractivity contribution in [2.45, 2.75) is 32.4 Å². The maximum atomic E-state index is 12.5. The fourth-order valence-corrected chi connectivity index (χ4v) is 1.05. The molecule has 0 bridgehead atoms. The van der Waals surface area contributed by atoms with Crippen molar-refractivity contribution >= 4 is 0 Å². The van der Waals surface area contributed by atoms with Crippen molar-refractivity contribution in [3.8, 4) is 6.01 Å². The van der Waals surface area contributed by atoms with E-state index in [2.05, 4.69) is 14.7 Å². The van der Waals surface area contributed by atoms with Gasteiger partial charge in [0, 0.05) is 5.41 Å². The van der Waals surface area contributed by atoms with Gasteiger partial charge in [-0.3, -0.25) is 0 Å². The minimum absolute atomic E-state index is 0.264. The molecular weight excluding hydrogens is 221 g/mol. The van der Waals surface area contributed by atoms with Gasteiger partial charge in [0.2, 0.25) is 0 Å². The molecule has 0 aliphatic heterocycles. The smallest absolute Gasteiger partial charge is 0.433 e. The van der Waals surface area contributed by atoms with Gasteiger partial charge in [0.1, 0.15) is 0 Å². The molecule has 0 spiro atoms. The van der Waals surface area contributed by atoms with E-state index in [0.717, 1.165) is 6.07 Å². The minimum atomic E-state index is -4.49. The van der Waals surface area contributed by atoms with Crippen LogP contribution in [0.4, 0.5) is 13.2 Å². The topological polar surface area (TPSA) is 35.0 Å². The summed E-state index contributed by atoms with van der Waals surface area (Å²) in [7, 11) is 1.24. The zero-order chi connectivity index (χ0) is 12.6. The third-order valence-electron chi connectivity index (χ3n) is 1.95. The SMILES string of the molecule is COc1nc(C(C)(C)C)cc(C(F)(F)F)n1. The van der Waals surface area contributed by atoms with E-state index in [1.807, 2.05) is 0 Å². The van der Waals surface area contributed by atoms with Crippen LogP contribution in [0.3, 0.4) is 0 Å². The number of halogens is 3. The van der Waals surface area contributed by atoms with Crippen molar-refractivity contribution in [3.05, 3.63) is 17.5 Å². The van der Waals surface area contributed by atoms with E-state index in [0.29, 0.717) is 5.69 Å². The van der Waals surface area contributed by atoms with Crippen LogP contribution in [0.2, 0.25) is 0 Å². The molecule has 1 aromatic heterocycles. The van der Waals surface area contributed by atoms with Gasteiger partial charge in [0.25, 0.3) is 0 Å². The van der Waals surface area contributed by atoms with Crippen LogP contribution in [0.15, 0.2) is 6.07 Å². The highest BCUT2D eigenvalue weighted by atomic mass is 19.4. The van der Waals surface area contributed by atoms with Crippen LogP contribution >= 0.6 is 0 Å². The molecule has 0 radical (unpaired) electrons. The Kier molecular flexibility index (Phi) is 3.12. The predicted molar refractivity (Wildman–Crippen MR) is 52.3 cm³/mol. The van der Waals surface area contributed by atoms with Gasteiger partial charge >= 0.3 is 12.2 Å². The summed E-state index contributed by atoms with van der Waals surface area (Å²) in [5.74, 6) is 0. The van der Waals surface area contributed by atoms with Crippen LogP contribution in [0.1, 0.15) is 32.2 Å². The Morgan fingerprint density at radius 3 is 1.94 bits per heavy atom. The normalized spacial score (nSPS) is 12.7. The van der Waals surface area contributed by atoms with Crippen molar-refractivity contribution in [3.63, 3.8) is 0 Å². The number of aromatic nitrogens is 2. The van der Waals surface area contributed by atoms with Crippen LogP contribution in [0.5, 0.6) is 6.01 Å². The molecule has 0 N–H and O–H groups in total. The Balaban J connectivity index is 3.33. The van der Waals surface area contributed by atoms with E-state index in [9.17, 15) is 13.2 Å². The molecule has 6 heteroatoms. The highest BCUT2D eigenvalue weighted by Crippen LogP contribution is 2.31. The molecule has 0 aliphatic carbocycles. The molecule has 16 heavy (non-hydrogen) atoms. The lowest BCUT2D eigenvalue weighted by atomic mass is 9.91. The summed E-state index contributed by atoms with van der Waals surface area (Å²) in [5, 5.41) is 0. The third kappa shape index (κ3) is 2.84. The average Bonchev–Trinajstić information content (AvgIpc) is 2.14. The average molecular weight is 234 g/mol. The molecule has 1 heterocycles. The molecule has 0 amide bonds. The lowest BCUT2D eigenvalue weighted by molar-refractivity contribution is -0.141. The van der Waals surface area contributed by atoms with Crippen molar-refractivity contribution in [1.82, 2.24) is 9.97 Å². The van der Waals surface area contributed by atoms with Gasteiger partial charge in [-0.2, -0.15) is 23.1 Å². The van der Waals surface area contributed by atoms with Gasteiger partial charge in [-0.05, 0) is 6.07 Å². The van der Waals surface area contributed by atoms with Crippen LogP contribution in [-0.2, 0) is 11.6 Å². The van der Waals surface area contributed by atoms with E-state index in [4.69, 9.17) is 0 Å². The van der Waals surface area contributed by atoms with Crippen molar-refractivity contribution < 1.29 is 17.9 Å². The van der Waals surface area contributed by atoms with Crippen molar-refractivity contribution in [2.75, 3.05) is 7.11 Å². The second kappa shape index (κ2) is 3.92. The van der Waals surface area contributed by atoms with E-state index in [-0.39, 0.29) is 6.01 Å². The Labute approximate surface area is 91.7 Å². The molecule has 1 aromatic rings. The van der Waals surface area contributed by atoms with E-state index in [1.54, 1.807) is 20.8 Å². The van der Waals surface area contributed by atoms with Crippen LogP contribution in [-0.4, -0.2) is 17.1 Å². The third-order valence-corrected chi connectivity index (χ3v) is 1.95. The summed E-state index contributed by atoms with van der Waals surface area (Å²) in [6.45, 7) is 5.32. The van der Waals surface area contributed by atoms with Crippen molar-refractivity contribution in [1.29, 1.82) is 0 Å². The number of ether oxygens (including phenoxy) is 1. The van der Waals surface area contributed by atoms with Gasteiger partial charge in [0.15, 0.2) is 5.69 Å². The highest BCUT2D eigenvalue weighted by molar-refractivity contribution is 5.21. The molecule has 0 saturated heterocycles. The molecule has 1 rings (SSSR count). The van der Waals surface area contributed by atoms with Crippen LogP contribution in [0, 0.1) is 0 Å². The summed E-state index contributed by atoms with van der Waals surface area (Å²) >= 11 is 0. The largest absolute Gasteiger partial charge is 0.467 e. The van der Waals surface area contributed by atoms with Gasteiger partial charge in [-0.15, -0.1) is 0 Å². The molecule has 0 aromatic carbocycles. The number of alkyl halides is 3. The summed E-state index contributed by atoms with van der Waals surface area (Å²) in [4.78, 5) is 7.18. The van der Waals surface area contributed by atoms with Crippen LogP contribution in [0.25, 0.3) is 0 Å². The summed E-state index contributed by atoms with van der Waals surface area (Å²) in [6, 6.07) is 0.683. The molecular formula is C10H13F3N2O. The molecule has 90 valence electrons. The highest BCUT2D eigenvalue weighted by Gasteiger charge is 2.35. The second-order valence-corrected chi connectivity index (χ2v) is 4.37. The summed E-state index contributed by atoms with van der Waals surface area (Å²) < 4.78 is 42.2. The fourth-order valence-electron chi connectivity index (χ4n) is 1.05. The predicted octanol–water partition coefficient (Wildman–Crippen LogP) is 2.80. The lowest BCUT2D eigenvalue weighted by Gasteiger charge is -2.19. The summed E-state index contributed by atoms with van der Waals surface area (Å²) in [5.41, 5.74) is -1.17. The molecule has 3 nitrogen and oxygen atoms in total. The van der Waals surface area contributed by atoms with E-state index < -0.39 is 17.3 Å². The monoisotopic (exact) mass is 234 g/mol.